The maximum absolute atomic E-state index is 14.1. The van der Waals surface area contributed by atoms with Gasteiger partial charge >= 0.3 is 6.18 Å². The molecule has 10 nitrogen and oxygen atoms in total. The van der Waals surface area contributed by atoms with Gasteiger partial charge < -0.3 is 30.3 Å². The Morgan fingerprint density at radius 1 is 1.11 bits per heavy atom. The summed E-state index contributed by atoms with van der Waals surface area (Å²) >= 11 is 0. The van der Waals surface area contributed by atoms with Crippen LogP contribution >= 0.6 is 7.37 Å². The van der Waals surface area contributed by atoms with Crippen LogP contribution < -0.4 is 15.4 Å². The average Bonchev–Trinajstić information content (AvgIpc) is 3.30. The molecule has 2 aromatic carbocycles. The summed E-state index contributed by atoms with van der Waals surface area (Å²) in [5, 5.41) is 15.7. The molecule has 1 saturated carbocycles. The van der Waals surface area contributed by atoms with Crippen LogP contribution in [0, 0.1) is 0 Å². The Labute approximate surface area is 259 Å². The molecule has 1 aromatic heterocycles. The zero-order chi connectivity index (χ0) is 32.5. The summed E-state index contributed by atoms with van der Waals surface area (Å²) in [5.74, 6) is -0.455. The minimum Gasteiger partial charge on any atom is -0.495 e. The van der Waals surface area contributed by atoms with E-state index in [-0.39, 0.29) is 41.9 Å². The van der Waals surface area contributed by atoms with Gasteiger partial charge in [-0.05, 0) is 72.9 Å². The lowest BCUT2D eigenvalue weighted by Crippen LogP contribution is -2.18. The van der Waals surface area contributed by atoms with E-state index in [9.17, 15) is 32.5 Å². The van der Waals surface area contributed by atoms with Crippen LogP contribution in [0.1, 0.15) is 71.1 Å². The number of methoxy groups -OCH3 is 1. The van der Waals surface area contributed by atoms with Crippen LogP contribution in [0.5, 0.6) is 5.75 Å². The molecule has 3 aromatic rings. The van der Waals surface area contributed by atoms with Gasteiger partial charge in [0.2, 0.25) is 13.3 Å². The van der Waals surface area contributed by atoms with Crippen molar-refractivity contribution in [3.05, 3.63) is 64.3 Å². The number of carbonyl (C=O) groups excluding carboxylic acids is 1. The van der Waals surface area contributed by atoms with Gasteiger partial charge in [0.05, 0.1) is 30.2 Å². The minimum absolute atomic E-state index is 0.114. The summed E-state index contributed by atoms with van der Waals surface area (Å²) < 4.78 is 59.9. The molecule has 0 saturated heterocycles. The molecule has 4 N–H and O–H groups in total. The molecule has 1 aliphatic carbocycles. The van der Waals surface area contributed by atoms with Crippen LogP contribution in [-0.4, -0.2) is 63.4 Å². The third-order valence-electron chi connectivity index (χ3n) is 8.55. The third kappa shape index (κ3) is 7.26. The van der Waals surface area contributed by atoms with Crippen molar-refractivity contribution >= 4 is 36.4 Å². The number of hydrogen-bond acceptors (Lipinski definition) is 8. The molecule has 14 heteroatoms. The quantitative estimate of drug-likeness (QED) is 0.184. The second-order valence-electron chi connectivity index (χ2n) is 11.6. The van der Waals surface area contributed by atoms with E-state index in [0.717, 1.165) is 29.5 Å². The lowest BCUT2D eigenvalue weighted by molar-refractivity contribution is -0.137. The van der Waals surface area contributed by atoms with E-state index in [1.54, 1.807) is 38.2 Å². The normalized spacial score (nSPS) is 19.6. The van der Waals surface area contributed by atoms with E-state index in [4.69, 9.17) is 4.74 Å². The number of aryl methyl sites for hydroxylation is 1. The molecule has 2 aliphatic rings. The number of nitrogens with zero attached hydrogens (tertiary/aromatic N) is 3. The molecule has 1 aliphatic heterocycles. The highest BCUT2D eigenvalue weighted by Gasteiger charge is 2.37. The number of nitrogens with one attached hydrogen (secondary N) is 2. The molecule has 1 fully saturated rings. The number of aliphatic hydroxyl groups is 1. The molecule has 242 valence electrons. The molecular weight excluding hydrogens is 610 g/mol. The number of hydrogen-bond donors (Lipinski definition) is 4. The van der Waals surface area contributed by atoms with Gasteiger partial charge in [-0.1, -0.05) is 19.1 Å². The largest absolute Gasteiger partial charge is 0.495 e. The number of aliphatic hydroxyl groups excluding tert-OH is 1. The van der Waals surface area contributed by atoms with Crippen molar-refractivity contribution in [1.29, 1.82) is 0 Å². The van der Waals surface area contributed by atoms with Crippen LogP contribution in [0.3, 0.4) is 0 Å². The Morgan fingerprint density at radius 3 is 2.49 bits per heavy atom. The van der Waals surface area contributed by atoms with Gasteiger partial charge in [0, 0.05) is 32.1 Å². The van der Waals surface area contributed by atoms with Crippen molar-refractivity contribution in [3.8, 4) is 5.75 Å². The van der Waals surface area contributed by atoms with Gasteiger partial charge in [-0.2, -0.15) is 18.2 Å². The van der Waals surface area contributed by atoms with Crippen LogP contribution in [0.15, 0.2) is 36.5 Å². The topological polar surface area (TPSA) is 137 Å². The average molecular weight is 648 g/mol. The van der Waals surface area contributed by atoms with Gasteiger partial charge in [0.25, 0.3) is 5.91 Å². The zero-order valence-electron chi connectivity index (χ0n) is 25.3. The van der Waals surface area contributed by atoms with Crippen molar-refractivity contribution in [2.45, 2.75) is 63.8 Å². The van der Waals surface area contributed by atoms with Gasteiger partial charge in [0.1, 0.15) is 17.1 Å². The number of ether oxygens (including phenoxy) is 1. The number of amides is 1. The van der Waals surface area contributed by atoms with E-state index in [2.05, 4.69) is 20.6 Å². The summed E-state index contributed by atoms with van der Waals surface area (Å²) in [4.78, 5) is 32.7. The molecule has 5 rings (SSSR count). The molecule has 1 amide bonds. The van der Waals surface area contributed by atoms with Crippen LogP contribution in [0.4, 0.5) is 36.3 Å². The summed E-state index contributed by atoms with van der Waals surface area (Å²) in [6.07, 6.45) is -0.953. The summed E-state index contributed by atoms with van der Waals surface area (Å²) in [6.45, 7) is 2.00. The van der Waals surface area contributed by atoms with Gasteiger partial charge in [0.15, 0.2) is 0 Å². The number of aromatic nitrogens is 2. The van der Waals surface area contributed by atoms with Crippen molar-refractivity contribution < 1.29 is 37.3 Å². The highest BCUT2D eigenvalue weighted by atomic mass is 31.2. The number of rotatable bonds is 10. The minimum atomic E-state index is -4.78. The van der Waals surface area contributed by atoms with Crippen LogP contribution in [0.25, 0.3) is 0 Å². The molecular formula is C31H37F3N5O5P. The monoisotopic (exact) mass is 647 g/mol. The summed E-state index contributed by atoms with van der Waals surface area (Å²) in [5.41, 5.74) is 2.32. The van der Waals surface area contributed by atoms with Gasteiger partial charge in [-0.25, -0.2) is 4.98 Å². The maximum Gasteiger partial charge on any atom is 0.421 e. The molecule has 0 radical (unpaired) electrons. The summed E-state index contributed by atoms with van der Waals surface area (Å²) in [6, 6.07) is 8.52. The second-order valence-corrected chi connectivity index (χ2v) is 14.4. The van der Waals surface area contributed by atoms with E-state index >= 15 is 0 Å². The van der Waals surface area contributed by atoms with E-state index in [1.165, 1.54) is 12.0 Å². The van der Waals surface area contributed by atoms with E-state index < -0.39 is 24.9 Å². The number of anilines is 4. The third-order valence-corrected chi connectivity index (χ3v) is 10.5. The highest BCUT2D eigenvalue weighted by Crippen LogP contribution is 2.43. The van der Waals surface area contributed by atoms with Crippen LogP contribution in [-0.2, 0) is 23.7 Å². The Kier molecular flexibility index (Phi) is 9.44. The number of halogens is 3. The fourth-order valence-corrected chi connectivity index (χ4v) is 6.82. The second kappa shape index (κ2) is 13.0. The molecule has 1 atom stereocenters. The maximum atomic E-state index is 14.1. The number of alkyl halides is 3. The van der Waals surface area contributed by atoms with Crippen molar-refractivity contribution in [3.63, 3.8) is 0 Å². The number of carbonyl (C=O) groups is 1. The first-order chi connectivity index (χ1) is 21.3. The Morgan fingerprint density at radius 2 is 1.82 bits per heavy atom. The number of fused-ring (bicyclic) bond motifs is 1. The van der Waals surface area contributed by atoms with Crippen LogP contribution in [0.2, 0.25) is 0 Å². The first-order valence-electron chi connectivity index (χ1n) is 14.8. The van der Waals surface area contributed by atoms with Crippen molar-refractivity contribution in [2.24, 2.45) is 0 Å². The molecule has 2 heterocycles. The Bertz CT molecular complexity index is 1630. The predicted octanol–water partition coefficient (Wildman–Crippen LogP) is 6.43. The number of benzene rings is 2. The standard InChI is InChI=1S/C31H37F3N5O5P/c1-4-45(42,43)14-13-18-5-11-24(26(15-18)44-3)37-30-35-16-23(31(32,33)34)28(38-30)36-25-12-10-21(19-6-8-20(40)9-7-19)22-17-39(2)29(41)27(22)25/h5,10-12,15-16,19-20,40H,4,6-9,13-14,17H2,1-3H3,(H,42,43)(H2,35,36,37,38). The van der Waals surface area contributed by atoms with Gasteiger partial charge in [-0.3, -0.25) is 9.36 Å². The van der Waals surface area contributed by atoms with Gasteiger partial charge in [-0.15, -0.1) is 0 Å². The fourth-order valence-electron chi connectivity index (χ4n) is 5.90. The van der Waals surface area contributed by atoms with Crippen molar-refractivity contribution in [1.82, 2.24) is 14.9 Å². The Hall–Kier alpha value is -3.67. The lowest BCUT2D eigenvalue weighted by atomic mass is 9.80. The van der Waals surface area contributed by atoms with E-state index in [1.807, 2.05) is 6.07 Å². The highest BCUT2D eigenvalue weighted by molar-refractivity contribution is 7.57. The SMILES string of the molecule is CCP(=O)(O)CCc1ccc(Nc2ncc(C(F)(F)F)c(Nc3ccc(C4CCC(O)CC4)c4c3C(=O)N(C)C4)n2)c(OC)c1. The molecule has 0 spiro atoms. The molecule has 1 unspecified atom stereocenters. The zero-order valence-corrected chi connectivity index (χ0v) is 26.2. The predicted molar refractivity (Wildman–Crippen MR) is 165 cm³/mol. The molecule has 0 bridgehead atoms. The first kappa shape index (κ1) is 32.7. The molecule has 45 heavy (non-hydrogen) atoms. The van der Waals surface area contributed by atoms with E-state index in [0.29, 0.717) is 49.0 Å². The Balaban J connectivity index is 1.46. The smallest absolute Gasteiger partial charge is 0.421 e. The first-order valence-corrected chi connectivity index (χ1v) is 16.9. The van der Waals surface area contributed by atoms with Crippen molar-refractivity contribution in [2.75, 3.05) is 37.1 Å². The fraction of sp³-hybridized carbons (Fsp3) is 0.452. The lowest BCUT2D eigenvalue weighted by Gasteiger charge is -2.27. The summed E-state index contributed by atoms with van der Waals surface area (Å²) in [7, 11) is -0.131.